The van der Waals surface area contributed by atoms with E-state index in [-0.39, 0.29) is 87.5 Å². The topological polar surface area (TPSA) is 297 Å². The number of alkyl halides is 2. The predicted octanol–water partition coefficient (Wildman–Crippen LogP) is 5.32. The molecule has 2 aliphatic carbocycles. The van der Waals surface area contributed by atoms with Crippen molar-refractivity contribution in [2.24, 2.45) is 18.7 Å². The number of carbonyl (C=O) groups excluding carboxylic acids is 7. The first-order valence-electron chi connectivity index (χ1n) is 28.8. The van der Waals surface area contributed by atoms with E-state index in [1.165, 1.54) is 34.4 Å². The average molecular weight is 1210 g/mol. The summed E-state index contributed by atoms with van der Waals surface area (Å²) in [5.74, 6) is -4.59. The van der Waals surface area contributed by atoms with E-state index in [2.05, 4.69) is 16.0 Å². The number of likely N-dealkylation sites (tertiary alicyclic amines) is 1. The molecule has 0 bridgehead atoms. The number of aromatic nitrogens is 2. The van der Waals surface area contributed by atoms with Gasteiger partial charge in [-0.05, 0) is 128 Å². The summed E-state index contributed by atoms with van der Waals surface area (Å²) >= 11 is 0. The lowest BCUT2D eigenvalue weighted by Crippen LogP contribution is -2.49. The van der Waals surface area contributed by atoms with Crippen LogP contribution >= 0.6 is 7.60 Å². The molecule has 21 nitrogen and oxygen atoms in total. The van der Waals surface area contributed by atoms with Gasteiger partial charge in [0.05, 0.1) is 60.9 Å². The van der Waals surface area contributed by atoms with Crippen LogP contribution in [-0.4, -0.2) is 123 Å². The first-order valence-corrected chi connectivity index (χ1v) is 30.4. The summed E-state index contributed by atoms with van der Waals surface area (Å²) in [7, 11) is -2.67. The van der Waals surface area contributed by atoms with E-state index in [0.717, 1.165) is 50.4 Å². The minimum Gasteiger partial charge on any atom is -0.379 e. The Morgan fingerprint density at radius 3 is 2.26 bits per heavy atom. The van der Waals surface area contributed by atoms with Gasteiger partial charge < -0.3 is 45.7 Å². The zero-order chi connectivity index (χ0) is 62.0. The number of imide groups is 1. The van der Waals surface area contributed by atoms with Gasteiger partial charge in [0.15, 0.2) is 5.78 Å². The summed E-state index contributed by atoms with van der Waals surface area (Å²) < 4.78 is 60.4. The number of allylic oxidation sites excluding steroid dienone is 1. The molecule has 1 aliphatic heterocycles. The van der Waals surface area contributed by atoms with Crippen LogP contribution in [0.4, 0.5) is 8.78 Å². The van der Waals surface area contributed by atoms with Crippen LogP contribution in [0.2, 0.25) is 0 Å². The second-order valence-electron chi connectivity index (χ2n) is 22.3. The minimum atomic E-state index is -5.78. The lowest BCUT2D eigenvalue weighted by Gasteiger charge is -2.28. The SMILES string of the molecule is C/C(=C\C(=O)N[C@H]1CCc2cccc3c2C(C1=O)[C@H](C(=O)N[C@@H](CCC(N)=O)[C@@H](C)OCc1ccc(CCCNC(=O)COCCOCCCc2ccc4c(c2)n(C)c(=O)n4C2CCC(=O)N(C)C2=O)cc1)C3)c1ccc(C(F)(F)P(=O)(O)O)cc1. The van der Waals surface area contributed by atoms with Gasteiger partial charge in [0, 0.05) is 51.7 Å². The van der Waals surface area contributed by atoms with Crippen LogP contribution in [0.1, 0.15) is 115 Å². The zero-order valence-corrected chi connectivity index (χ0v) is 49.5. The number of carbonyl (C=O) groups is 7. The Kier molecular flexibility index (Phi) is 21.2. The Morgan fingerprint density at radius 2 is 1.53 bits per heavy atom. The Bertz CT molecular complexity index is 3490. The van der Waals surface area contributed by atoms with Crippen molar-refractivity contribution in [2.45, 2.75) is 127 Å². The number of hydrogen-bond acceptors (Lipinski definition) is 12. The maximum absolute atomic E-state index is 14.5. The lowest BCUT2D eigenvalue weighted by molar-refractivity contribution is -0.149. The number of halogens is 2. The summed E-state index contributed by atoms with van der Waals surface area (Å²) in [6.07, 6.45) is 4.95. The number of amides is 6. The molecular formula is C62H74F2N7O14P. The van der Waals surface area contributed by atoms with E-state index in [1.54, 1.807) is 20.9 Å². The molecule has 460 valence electrons. The molecule has 7 N–H and O–H groups in total. The normalized spacial score (nSPS) is 18.8. The van der Waals surface area contributed by atoms with Crippen molar-refractivity contribution in [1.82, 2.24) is 30.0 Å². The standard InChI is InChI=1S/C62H74F2N7O14P/c1-37(42-17-20-45(21-18-42)62(63,64)86(80,81)82)32-53(73)67-48-22-19-43-10-5-11-44-34-46(57(56(43)44)58(48)76)59(77)68-47(23-26-52(65)72)38(2)85-35-41-14-12-39(13-15-41)8-6-28-66-54(74)36-84-31-30-83-29-7-9-40-16-24-49-51(33-40)69(3)61(79)71(49)50-25-27-55(75)70(4)60(50)78/h5,10-18,20-21,24,32-33,38,46-48,50,57H,6-9,19,22-23,25-31,34-36H2,1-4H3,(H2,65,72)(H,66,74)(H,67,73)(H,68,77)(H2,80,81,82)/b37-32+/t38-,46-,47+,48+,50?,57?/m1/s1. The number of benzene rings is 4. The number of rotatable bonds is 28. The number of Topliss-reactive ketones (excluding diaryl/α,β-unsaturated/α-hetero) is 1. The van der Waals surface area contributed by atoms with Crippen LogP contribution in [-0.2, 0) is 97.3 Å². The maximum Gasteiger partial charge on any atom is 0.399 e. The van der Waals surface area contributed by atoms with E-state index in [1.807, 2.05) is 60.7 Å². The highest BCUT2D eigenvalue weighted by Crippen LogP contribution is 2.59. The molecule has 0 saturated carbocycles. The fourth-order valence-electron chi connectivity index (χ4n) is 11.5. The molecule has 4 aromatic carbocycles. The average Bonchev–Trinajstić information content (AvgIpc) is 1.89. The summed E-state index contributed by atoms with van der Waals surface area (Å²) in [6, 6.07) is 21.0. The molecule has 3 aliphatic rings. The Morgan fingerprint density at radius 1 is 0.849 bits per heavy atom. The number of nitrogens with one attached hydrogen (secondary N) is 3. The van der Waals surface area contributed by atoms with Crippen LogP contribution in [0.25, 0.3) is 16.6 Å². The van der Waals surface area contributed by atoms with Gasteiger partial charge in [-0.3, -0.25) is 52.2 Å². The van der Waals surface area contributed by atoms with Gasteiger partial charge in [-0.1, -0.05) is 72.8 Å². The van der Waals surface area contributed by atoms with Crippen LogP contribution in [0.15, 0.2) is 95.8 Å². The Labute approximate surface area is 496 Å². The molecule has 8 rings (SSSR count). The minimum absolute atomic E-state index is 0.0394. The number of fused-ring (bicyclic) bond motifs is 1. The number of piperidine rings is 1. The van der Waals surface area contributed by atoms with Crippen molar-refractivity contribution in [3.63, 3.8) is 0 Å². The molecule has 2 heterocycles. The van der Waals surface area contributed by atoms with Crippen LogP contribution in [0.5, 0.6) is 0 Å². The fourth-order valence-corrected chi connectivity index (χ4v) is 12.0. The molecule has 86 heavy (non-hydrogen) atoms. The van der Waals surface area contributed by atoms with Crippen molar-refractivity contribution in [2.75, 3.05) is 40.0 Å². The Balaban J connectivity index is 0.741. The van der Waals surface area contributed by atoms with E-state index >= 15 is 0 Å². The molecule has 5 aromatic rings. The molecule has 1 saturated heterocycles. The van der Waals surface area contributed by atoms with Crippen LogP contribution in [0, 0.1) is 5.92 Å². The number of hydrogen-bond donors (Lipinski definition) is 6. The third kappa shape index (κ3) is 15.3. The number of ether oxygens (including phenoxy) is 3. The first-order chi connectivity index (χ1) is 40.9. The summed E-state index contributed by atoms with van der Waals surface area (Å²) in [5.41, 5.74) is 7.39. The van der Waals surface area contributed by atoms with Crippen molar-refractivity contribution in [1.29, 1.82) is 0 Å². The third-order valence-electron chi connectivity index (χ3n) is 16.4. The van der Waals surface area contributed by atoms with Crippen molar-refractivity contribution in [3.8, 4) is 0 Å². The quantitative estimate of drug-likeness (QED) is 0.0160. The number of primary amides is 1. The number of nitrogens with two attached hydrogens (primary N) is 1. The molecule has 0 spiro atoms. The summed E-state index contributed by atoms with van der Waals surface area (Å²) in [5, 5.41) is 8.74. The summed E-state index contributed by atoms with van der Waals surface area (Å²) in [6.45, 7) is 4.88. The number of ketones is 1. The monoisotopic (exact) mass is 1210 g/mol. The maximum atomic E-state index is 14.5. The van der Waals surface area contributed by atoms with Gasteiger partial charge in [-0.25, -0.2) is 4.79 Å². The summed E-state index contributed by atoms with van der Waals surface area (Å²) in [4.78, 5) is 124. The van der Waals surface area contributed by atoms with E-state index in [4.69, 9.17) is 29.7 Å². The van der Waals surface area contributed by atoms with E-state index in [9.17, 15) is 51.7 Å². The third-order valence-corrected chi connectivity index (χ3v) is 17.4. The predicted molar refractivity (Wildman–Crippen MR) is 313 cm³/mol. The number of likely N-dealkylation sites (N-methyl/N-ethyl adjacent to an activating group) is 1. The van der Waals surface area contributed by atoms with Gasteiger partial charge in [0.2, 0.25) is 29.5 Å². The van der Waals surface area contributed by atoms with Gasteiger partial charge in [0.25, 0.3) is 5.91 Å². The largest absolute Gasteiger partial charge is 0.399 e. The fraction of sp³-hybridized carbons (Fsp3) is 0.452. The molecule has 24 heteroatoms. The van der Waals surface area contributed by atoms with E-state index in [0.29, 0.717) is 74.0 Å². The van der Waals surface area contributed by atoms with Crippen molar-refractivity contribution < 1.29 is 70.9 Å². The highest BCUT2D eigenvalue weighted by atomic mass is 31.2. The lowest BCUT2D eigenvalue weighted by atomic mass is 9.84. The second-order valence-corrected chi connectivity index (χ2v) is 24.0. The highest BCUT2D eigenvalue weighted by molar-refractivity contribution is 7.52. The van der Waals surface area contributed by atoms with Gasteiger partial charge in [-0.15, -0.1) is 0 Å². The van der Waals surface area contributed by atoms with Gasteiger partial charge in [-0.2, -0.15) is 8.78 Å². The van der Waals surface area contributed by atoms with E-state index < -0.39 is 72.6 Å². The molecule has 6 atom stereocenters. The Hall–Kier alpha value is -7.53. The van der Waals surface area contributed by atoms with Crippen molar-refractivity contribution >= 4 is 65.4 Å². The molecule has 2 unspecified atom stereocenters. The smallest absolute Gasteiger partial charge is 0.379 e. The number of imidazole rings is 1. The van der Waals surface area contributed by atoms with Crippen molar-refractivity contribution in [3.05, 3.63) is 146 Å². The van der Waals surface area contributed by atoms with Crippen LogP contribution in [0.3, 0.4) is 0 Å². The second kappa shape index (κ2) is 28.3. The molecular weight excluding hydrogens is 1140 g/mol. The molecule has 6 amide bonds. The zero-order valence-electron chi connectivity index (χ0n) is 48.6. The molecule has 1 fully saturated rings. The van der Waals surface area contributed by atoms with Gasteiger partial charge in [0.1, 0.15) is 12.6 Å². The molecule has 1 aromatic heterocycles. The van der Waals surface area contributed by atoms with Gasteiger partial charge >= 0.3 is 18.9 Å². The number of aryl methyl sites for hydroxylation is 4. The highest BCUT2D eigenvalue weighted by Gasteiger charge is 2.50. The van der Waals surface area contributed by atoms with Crippen LogP contribution < -0.4 is 27.4 Å². The first kappa shape index (κ1) is 64.5. The molecule has 0 radical (unpaired) electrons. The number of nitrogens with zero attached hydrogens (tertiary/aromatic N) is 3.